The average Bonchev–Trinajstić information content (AvgIpc) is 2.41. The number of rotatable bonds is 1. The molecule has 0 saturated carbocycles. The van der Waals surface area contributed by atoms with E-state index in [0.29, 0.717) is 0 Å². The molecule has 0 radical (unpaired) electrons. The van der Waals surface area contributed by atoms with Crippen molar-refractivity contribution in [2.24, 2.45) is 7.05 Å². The summed E-state index contributed by atoms with van der Waals surface area (Å²) in [6.45, 7) is 0. The first kappa shape index (κ1) is 8.75. The van der Waals surface area contributed by atoms with Gasteiger partial charge in [-0.15, -0.1) is 0 Å². The van der Waals surface area contributed by atoms with Crippen LogP contribution in [-0.4, -0.2) is 20.6 Å². The van der Waals surface area contributed by atoms with Crippen LogP contribution in [0.25, 0.3) is 0 Å². The van der Waals surface area contributed by atoms with Gasteiger partial charge in [0.05, 0.1) is 0 Å². The maximum atomic E-state index is 10.5. The minimum atomic E-state index is -1.26. The molecular formula is C7H4N4O2. The number of carbonyl (C=O) groups is 1. The van der Waals surface area contributed by atoms with E-state index in [1.54, 1.807) is 12.1 Å². The van der Waals surface area contributed by atoms with E-state index in [1.165, 1.54) is 7.05 Å². The number of nitrogens with zero attached hydrogens (tertiary/aromatic N) is 4. The lowest BCUT2D eigenvalue weighted by Gasteiger charge is -1.93. The number of aromatic nitrogens is 2. The third-order valence-electron chi connectivity index (χ3n) is 1.50. The van der Waals surface area contributed by atoms with Gasteiger partial charge in [-0.2, -0.15) is 10.5 Å². The Morgan fingerprint density at radius 2 is 2.15 bits per heavy atom. The molecule has 1 heterocycles. The van der Waals surface area contributed by atoms with Crippen LogP contribution in [0.5, 0.6) is 0 Å². The smallest absolute Gasteiger partial charge is 0.372 e. The van der Waals surface area contributed by atoms with Crippen molar-refractivity contribution in [2.75, 3.05) is 0 Å². The van der Waals surface area contributed by atoms with Crippen molar-refractivity contribution in [1.82, 2.24) is 9.55 Å². The lowest BCUT2D eigenvalue weighted by Crippen LogP contribution is -2.06. The van der Waals surface area contributed by atoms with E-state index in [4.69, 9.17) is 15.6 Å². The van der Waals surface area contributed by atoms with Gasteiger partial charge in [-0.1, -0.05) is 0 Å². The number of nitriles is 2. The van der Waals surface area contributed by atoms with Crippen LogP contribution in [-0.2, 0) is 7.05 Å². The summed E-state index contributed by atoms with van der Waals surface area (Å²) in [5, 5.41) is 25.7. The van der Waals surface area contributed by atoms with Crippen molar-refractivity contribution < 1.29 is 9.90 Å². The van der Waals surface area contributed by atoms with Crippen molar-refractivity contribution in [1.29, 1.82) is 10.5 Å². The molecule has 1 aromatic rings. The molecule has 64 valence electrons. The molecule has 0 spiro atoms. The minimum absolute atomic E-state index is 0.0418. The predicted molar refractivity (Wildman–Crippen MR) is 39.6 cm³/mol. The lowest BCUT2D eigenvalue weighted by atomic mass is 10.4. The quantitative estimate of drug-likeness (QED) is 0.641. The van der Waals surface area contributed by atoms with E-state index < -0.39 is 5.97 Å². The van der Waals surface area contributed by atoms with Crippen LogP contribution in [0.2, 0.25) is 0 Å². The standard InChI is InChI=1S/C7H4N4O2/c1-11-5(3-9)4(2-8)10-6(11)7(12)13/h1H3,(H,12,13). The Kier molecular flexibility index (Phi) is 1.99. The van der Waals surface area contributed by atoms with Crippen molar-refractivity contribution in [3.63, 3.8) is 0 Å². The molecular weight excluding hydrogens is 172 g/mol. The molecule has 0 bridgehead atoms. The Morgan fingerprint density at radius 3 is 2.46 bits per heavy atom. The molecule has 0 amide bonds. The fraction of sp³-hybridized carbons (Fsp3) is 0.143. The van der Waals surface area contributed by atoms with Crippen LogP contribution in [0.4, 0.5) is 0 Å². The fourth-order valence-corrected chi connectivity index (χ4v) is 0.896. The fourth-order valence-electron chi connectivity index (χ4n) is 0.896. The molecule has 6 heteroatoms. The van der Waals surface area contributed by atoms with Crippen LogP contribution in [0.15, 0.2) is 0 Å². The number of carboxylic acid groups (broad SMARTS) is 1. The van der Waals surface area contributed by atoms with E-state index in [0.717, 1.165) is 4.57 Å². The van der Waals surface area contributed by atoms with Crippen LogP contribution in [0.3, 0.4) is 0 Å². The number of hydrogen-bond donors (Lipinski definition) is 1. The highest BCUT2D eigenvalue weighted by Crippen LogP contribution is 2.07. The normalized spacial score (nSPS) is 8.85. The molecule has 0 aliphatic rings. The highest BCUT2D eigenvalue weighted by atomic mass is 16.4. The molecule has 6 nitrogen and oxygen atoms in total. The first-order valence-corrected chi connectivity index (χ1v) is 3.22. The molecule has 1 N–H and O–H groups in total. The second-order valence-corrected chi connectivity index (χ2v) is 2.22. The zero-order chi connectivity index (χ0) is 10.0. The Balaban J connectivity index is 3.48. The topological polar surface area (TPSA) is 103 Å². The predicted octanol–water partition coefficient (Wildman–Crippen LogP) is -0.138. The van der Waals surface area contributed by atoms with Crippen LogP contribution in [0, 0.1) is 22.7 Å². The number of carboxylic acids is 1. The molecule has 1 rings (SSSR count). The summed E-state index contributed by atoms with van der Waals surface area (Å²) in [7, 11) is 1.37. The minimum Gasteiger partial charge on any atom is -0.475 e. The Morgan fingerprint density at radius 1 is 1.54 bits per heavy atom. The molecule has 0 unspecified atom stereocenters. The molecule has 1 aromatic heterocycles. The molecule has 0 fully saturated rings. The number of hydrogen-bond acceptors (Lipinski definition) is 4. The van der Waals surface area contributed by atoms with Crippen LogP contribution < -0.4 is 0 Å². The van der Waals surface area contributed by atoms with Gasteiger partial charge in [0.25, 0.3) is 0 Å². The summed E-state index contributed by atoms with van der Waals surface area (Å²) in [5.74, 6) is -1.58. The van der Waals surface area contributed by atoms with Crippen molar-refractivity contribution >= 4 is 5.97 Å². The second-order valence-electron chi connectivity index (χ2n) is 2.22. The monoisotopic (exact) mass is 176 g/mol. The summed E-state index contributed by atoms with van der Waals surface area (Å²) >= 11 is 0. The van der Waals surface area contributed by atoms with E-state index in [2.05, 4.69) is 4.98 Å². The third-order valence-corrected chi connectivity index (χ3v) is 1.50. The lowest BCUT2D eigenvalue weighted by molar-refractivity contribution is 0.0679. The van der Waals surface area contributed by atoms with Gasteiger partial charge in [-0.3, -0.25) is 0 Å². The van der Waals surface area contributed by atoms with Crippen molar-refractivity contribution in [2.45, 2.75) is 0 Å². The highest BCUT2D eigenvalue weighted by molar-refractivity contribution is 5.84. The zero-order valence-corrected chi connectivity index (χ0v) is 6.64. The van der Waals surface area contributed by atoms with Gasteiger partial charge in [-0.05, 0) is 0 Å². The largest absolute Gasteiger partial charge is 0.475 e. The summed E-state index contributed by atoms with van der Waals surface area (Å²) in [5.41, 5.74) is -0.206. The molecule has 0 aromatic carbocycles. The van der Waals surface area contributed by atoms with Crippen molar-refractivity contribution in [3.8, 4) is 12.1 Å². The first-order valence-electron chi connectivity index (χ1n) is 3.22. The first-order chi connectivity index (χ1) is 6.11. The van der Waals surface area contributed by atoms with Gasteiger partial charge >= 0.3 is 5.97 Å². The molecule has 13 heavy (non-hydrogen) atoms. The molecule has 0 aliphatic heterocycles. The summed E-state index contributed by atoms with van der Waals surface area (Å²) < 4.78 is 1.07. The third kappa shape index (κ3) is 1.21. The molecule has 0 saturated heterocycles. The van der Waals surface area contributed by atoms with Gasteiger partial charge in [-0.25, -0.2) is 9.78 Å². The maximum absolute atomic E-state index is 10.5. The zero-order valence-electron chi connectivity index (χ0n) is 6.64. The van der Waals surface area contributed by atoms with Gasteiger partial charge in [0.2, 0.25) is 5.82 Å². The Bertz CT molecular complexity index is 446. The molecule has 0 atom stereocenters. The van der Waals surface area contributed by atoms with Gasteiger partial charge in [0, 0.05) is 7.05 Å². The average molecular weight is 176 g/mol. The SMILES string of the molecule is Cn1c(C(=O)O)nc(C#N)c1C#N. The Labute approximate surface area is 73.3 Å². The maximum Gasteiger partial charge on any atom is 0.372 e. The van der Waals surface area contributed by atoms with Gasteiger partial charge < -0.3 is 9.67 Å². The molecule has 0 aliphatic carbocycles. The number of aromatic carboxylic acids is 1. The van der Waals surface area contributed by atoms with E-state index in [1.807, 2.05) is 0 Å². The van der Waals surface area contributed by atoms with Gasteiger partial charge in [0.1, 0.15) is 12.1 Å². The summed E-state index contributed by atoms with van der Waals surface area (Å²) in [4.78, 5) is 14.0. The Hall–Kier alpha value is -2.34. The summed E-state index contributed by atoms with van der Waals surface area (Å²) in [6, 6.07) is 3.35. The van der Waals surface area contributed by atoms with E-state index in [-0.39, 0.29) is 17.2 Å². The highest BCUT2D eigenvalue weighted by Gasteiger charge is 2.18. The van der Waals surface area contributed by atoms with E-state index >= 15 is 0 Å². The summed E-state index contributed by atoms with van der Waals surface area (Å²) in [6.07, 6.45) is 0. The van der Waals surface area contributed by atoms with Gasteiger partial charge in [0.15, 0.2) is 11.4 Å². The van der Waals surface area contributed by atoms with Crippen molar-refractivity contribution in [3.05, 3.63) is 17.2 Å². The van der Waals surface area contributed by atoms with Crippen LogP contribution >= 0.6 is 0 Å². The van der Waals surface area contributed by atoms with Crippen LogP contribution in [0.1, 0.15) is 22.0 Å². The number of imidazole rings is 1. The van der Waals surface area contributed by atoms with E-state index in [9.17, 15) is 4.79 Å². The second kappa shape index (κ2) is 2.95.